The van der Waals surface area contributed by atoms with Crippen molar-refractivity contribution in [3.8, 4) is 11.1 Å². The van der Waals surface area contributed by atoms with Crippen LogP contribution in [0.15, 0.2) is 59.8 Å². The molecule has 1 aliphatic heterocycles. The quantitative estimate of drug-likeness (QED) is 0.336. The summed E-state index contributed by atoms with van der Waals surface area (Å²) in [5.74, 6) is -0.527. The van der Waals surface area contributed by atoms with Gasteiger partial charge in [-0.05, 0) is 44.5 Å². The van der Waals surface area contributed by atoms with E-state index in [4.69, 9.17) is 21.2 Å². The molecule has 1 aliphatic rings. The van der Waals surface area contributed by atoms with Gasteiger partial charge >= 0.3 is 6.09 Å². The summed E-state index contributed by atoms with van der Waals surface area (Å²) in [6.07, 6.45) is 4.88. The third-order valence-electron chi connectivity index (χ3n) is 6.62. The number of carbonyl (C=O) groups excluding carboxylic acids is 1. The lowest BCUT2D eigenvalue weighted by molar-refractivity contribution is -0.137. The number of nitrogens with zero attached hydrogens (tertiary/aromatic N) is 5. The maximum Gasteiger partial charge on any atom is 0.434 e. The van der Waals surface area contributed by atoms with Crippen molar-refractivity contribution >= 4 is 34.4 Å². The number of amides is 1. The summed E-state index contributed by atoms with van der Waals surface area (Å²) in [4.78, 5) is 37.9. The van der Waals surface area contributed by atoms with Crippen molar-refractivity contribution in [2.75, 3.05) is 31.1 Å². The predicted octanol–water partition coefficient (Wildman–Crippen LogP) is 5.23. The van der Waals surface area contributed by atoms with Crippen molar-refractivity contribution in [3.63, 3.8) is 0 Å². The number of aromatic nitrogens is 3. The molecular formula is C29H31ClFN5O4. The topological polar surface area (TPSA) is 81.8 Å². The molecule has 5 rings (SSSR count). The van der Waals surface area contributed by atoms with E-state index in [1.807, 2.05) is 50.7 Å². The van der Waals surface area contributed by atoms with E-state index < -0.39 is 17.5 Å². The van der Waals surface area contributed by atoms with E-state index in [0.717, 1.165) is 27.8 Å². The van der Waals surface area contributed by atoms with Gasteiger partial charge in [-0.1, -0.05) is 23.7 Å². The first-order chi connectivity index (χ1) is 19.0. The lowest BCUT2D eigenvalue weighted by Gasteiger charge is -2.25. The fourth-order valence-electron chi connectivity index (χ4n) is 4.68. The van der Waals surface area contributed by atoms with Crippen LogP contribution in [0.1, 0.15) is 26.3 Å². The zero-order valence-electron chi connectivity index (χ0n) is 22.9. The molecule has 0 radical (unpaired) electrons. The van der Waals surface area contributed by atoms with Crippen LogP contribution in [-0.2, 0) is 23.2 Å². The molecule has 9 nitrogen and oxygen atoms in total. The van der Waals surface area contributed by atoms with Gasteiger partial charge in [0.05, 0.1) is 36.6 Å². The van der Waals surface area contributed by atoms with E-state index in [2.05, 4.69) is 9.88 Å². The first-order valence-electron chi connectivity index (χ1n) is 13.0. The van der Waals surface area contributed by atoms with Gasteiger partial charge in [-0.15, -0.1) is 0 Å². The Hall–Kier alpha value is -3.89. The Balaban J connectivity index is 1.40. The average molecular weight is 568 g/mol. The average Bonchev–Trinajstić information content (AvgIpc) is 3.06. The Bertz CT molecular complexity index is 1630. The molecule has 4 heterocycles. The lowest BCUT2D eigenvalue weighted by Crippen LogP contribution is -2.38. The van der Waals surface area contributed by atoms with Gasteiger partial charge in [0.2, 0.25) is 0 Å². The number of pyridine rings is 2. The van der Waals surface area contributed by atoms with Crippen LogP contribution in [0.4, 0.5) is 14.9 Å². The molecule has 0 N–H and O–H groups in total. The van der Waals surface area contributed by atoms with Crippen molar-refractivity contribution in [2.45, 2.75) is 32.9 Å². The van der Waals surface area contributed by atoms with Gasteiger partial charge in [0, 0.05) is 55.1 Å². The monoisotopic (exact) mass is 567 g/mol. The van der Waals surface area contributed by atoms with Crippen LogP contribution in [0.3, 0.4) is 0 Å². The molecular weight excluding hydrogens is 537 g/mol. The molecule has 1 amide bonds. The summed E-state index contributed by atoms with van der Waals surface area (Å²) in [5.41, 5.74) is 2.69. The maximum absolute atomic E-state index is 14.4. The minimum absolute atomic E-state index is 0.0229. The molecule has 3 aromatic heterocycles. The SMILES string of the molecule is Cn1cc(-c2ccn(Cc3cccc(Cl)c3F)c(=O)c2)c2cc(N3CCON(C(=O)OC(C)(C)C)CC3)cnc21. The highest BCUT2D eigenvalue weighted by Crippen LogP contribution is 2.31. The summed E-state index contributed by atoms with van der Waals surface area (Å²) in [6, 6.07) is 10.2. The summed E-state index contributed by atoms with van der Waals surface area (Å²) in [7, 11) is 1.90. The zero-order valence-corrected chi connectivity index (χ0v) is 23.6. The molecule has 210 valence electrons. The van der Waals surface area contributed by atoms with Gasteiger partial charge in [-0.2, -0.15) is 5.06 Å². The highest BCUT2D eigenvalue weighted by molar-refractivity contribution is 6.30. The standard InChI is InChI=1S/C29H31ClFN5O4/c1-29(2,3)40-28(38)36-11-10-34(12-13-39-36)21-15-22-23(18-33(4)27(22)32-16-21)19-8-9-35(25(37)14-19)17-20-6-5-7-24(30)26(20)31/h5-9,14-16,18H,10-13,17H2,1-4H3. The predicted molar refractivity (Wildman–Crippen MR) is 152 cm³/mol. The highest BCUT2D eigenvalue weighted by Gasteiger charge is 2.26. The van der Waals surface area contributed by atoms with Crippen molar-refractivity contribution in [2.24, 2.45) is 7.05 Å². The fourth-order valence-corrected chi connectivity index (χ4v) is 4.87. The van der Waals surface area contributed by atoms with E-state index in [1.165, 1.54) is 15.7 Å². The Morgan fingerprint density at radius 2 is 1.98 bits per heavy atom. The minimum atomic E-state index is -0.614. The highest BCUT2D eigenvalue weighted by atomic mass is 35.5. The van der Waals surface area contributed by atoms with Crippen molar-refractivity contribution in [1.82, 2.24) is 19.2 Å². The molecule has 0 aliphatic carbocycles. The van der Waals surface area contributed by atoms with Crippen molar-refractivity contribution in [3.05, 3.63) is 81.7 Å². The largest absolute Gasteiger partial charge is 0.442 e. The molecule has 0 atom stereocenters. The van der Waals surface area contributed by atoms with Crippen LogP contribution < -0.4 is 10.5 Å². The second kappa shape index (κ2) is 10.9. The summed E-state index contributed by atoms with van der Waals surface area (Å²) < 4.78 is 23.2. The molecule has 40 heavy (non-hydrogen) atoms. The normalized spacial score (nSPS) is 14.4. The Kier molecular flexibility index (Phi) is 7.57. The second-order valence-corrected chi connectivity index (χ2v) is 11.1. The van der Waals surface area contributed by atoms with Crippen LogP contribution in [0.2, 0.25) is 5.02 Å². The summed E-state index contributed by atoms with van der Waals surface area (Å²) in [5, 5.41) is 2.16. The summed E-state index contributed by atoms with van der Waals surface area (Å²) in [6.45, 7) is 7.25. The maximum atomic E-state index is 14.4. The van der Waals surface area contributed by atoms with Gasteiger partial charge in [0.25, 0.3) is 5.56 Å². The van der Waals surface area contributed by atoms with Crippen LogP contribution >= 0.6 is 11.6 Å². The minimum Gasteiger partial charge on any atom is -0.442 e. The van der Waals surface area contributed by atoms with Crippen molar-refractivity contribution < 1.29 is 18.8 Å². The van der Waals surface area contributed by atoms with E-state index in [9.17, 15) is 14.0 Å². The van der Waals surface area contributed by atoms with Gasteiger partial charge in [-0.3, -0.25) is 9.63 Å². The van der Waals surface area contributed by atoms with Crippen LogP contribution in [0.5, 0.6) is 0 Å². The van der Waals surface area contributed by atoms with E-state index in [-0.39, 0.29) is 17.1 Å². The van der Waals surface area contributed by atoms with Gasteiger partial charge in [-0.25, -0.2) is 14.2 Å². The van der Waals surface area contributed by atoms with Crippen LogP contribution in [0, 0.1) is 5.82 Å². The van der Waals surface area contributed by atoms with E-state index >= 15 is 0 Å². The van der Waals surface area contributed by atoms with Gasteiger partial charge < -0.3 is 18.8 Å². The number of ether oxygens (including phenoxy) is 1. The Morgan fingerprint density at radius 1 is 1.18 bits per heavy atom. The number of halogens is 2. The number of hydroxylamine groups is 2. The van der Waals surface area contributed by atoms with Gasteiger partial charge in [0.15, 0.2) is 0 Å². The molecule has 11 heteroatoms. The number of hydrogen-bond acceptors (Lipinski definition) is 6. The van der Waals surface area contributed by atoms with Gasteiger partial charge in [0.1, 0.15) is 17.1 Å². The number of fused-ring (bicyclic) bond motifs is 1. The number of anilines is 1. The van der Waals surface area contributed by atoms with Crippen molar-refractivity contribution in [1.29, 1.82) is 0 Å². The van der Waals surface area contributed by atoms with E-state index in [0.29, 0.717) is 31.8 Å². The molecule has 1 aromatic carbocycles. The third-order valence-corrected chi connectivity index (χ3v) is 6.91. The number of hydrogen-bond donors (Lipinski definition) is 0. The molecule has 0 saturated carbocycles. The Labute approximate surface area is 236 Å². The number of aryl methyl sites for hydroxylation is 1. The number of carbonyl (C=O) groups is 1. The third kappa shape index (κ3) is 5.83. The number of benzene rings is 1. The molecule has 0 unspecified atom stereocenters. The molecule has 1 fully saturated rings. The van der Waals surface area contributed by atoms with E-state index in [1.54, 1.807) is 30.6 Å². The lowest BCUT2D eigenvalue weighted by atomic mass is 10.1. The molecule has 0 spiro atoms. The molecule has 1 saturated heterocycles. The summed E-state index contributed by atoms with van der Waals surface area (Å²) >= 11 is 5.90. The molecule has 4 aromatic rings. The first-order valence-corrected chi connectivity index (χ1v) is 13.4. The smallest absolute Gasteiger partial charge is 0.434 e. The molecule has 0 bridgehead atoms. The first kappa shape index (κ1) is 27.7. The second-order valence-electron chi connectivity index (χ2n) is 10.7. The van der Waals surface area contributed by atoms with Crippen LogP contribution in [0.25, 0.3) is 22.2 Å². The van der Waals surface area contributed by atoms with Crippen LogP contribution in [-0.4, -0.2) is 57.1 Å². The number of rotatable bonds is 4. The fraction of sp³-hybridized carbons (Fsp3) is 0.345. The zero-order chi connectivity index (χ0) is 28.6. The Morgan fingerprint density at radius 3 is 2.73 bits per heavy atom.